The molecule has 1 aliphatic heterocycles. The molecule has 0 unspecified atom stereocenters. The highest BCUT2D eigenvalue weighted by Crippen LogP contribution is 2.30. The molecule has 4 rings (SSSR count). The largest absolute Gasteiger partial charge is 0.494 e. The van der Waals surface area contributed by atoms with Gasteiger partial charge in [-0.15, -0.1) is 0 Å². The molecule has 3 N–H and O–H groups in total. The number of nitrogens with zero attached hydrogens (tertiary/aromatic N) is 4. The van der Waals surface area contributed by atoms with Gasteiger partial charge in [0.15, 0.2) is 22.7 Å². The molecular weight excluding hydrogens is 392 g/mol. The number of aromatic nitrogens is 3. The number of anilines is 2. The van der Waals surface area contributed by atoms with E-state index >= 15 is 0 Å². The first-order valence-corrected chi connectivity index (χ1v) is 9.26. The Kier molecular flexibility index (Phi) is 5.09. The number of hydrogen-bond donors (Lipinski definition) is 3. The Morgan fingerprint density at radius 1 is 1.30 bits per heavy atom. The number of amides is 2. The predicted molar refractivity (Wildman–Crippen MR) is 107 cm³/mol. The summed E-state index contributed by atoms with van der Waals surface area (Å²) in [5.74, 6) is 1.13. The van der Waals surface area contributed by atoms with E-state index in [0.29, 0.717) is 53.8 Å². The Morgan fingerprint density at radius 2 is 2.13 bits per heavy atom. The Bertz CT molecular complexity index is 1100. The van der Waals surface area contributed by atoms with Crippen LogP contribution in [0.5, 0.6) is 5.75 Å². The molecule has 0 spiro atoms. The van der Waals surface area contributed by atoms with Crippen molar-refractivity contribution >= 4 is 34.6 Å². The minimum atomic E-state index is -1.05. The van der Waals surface area contributed by atoms with E-state index in [0.717, 1.165) is 0 Å². The minimum absolute atomic E-state index is 0.144. The molecule has 156 valence electrons. The van der Waals surface area contributed by atoms with Crippen LogP contribution in [0.15, 0.2) is 28.9 Å². The van der Waals surface area contributed by atoms with Gasteiger partial charge in [-0.05, 0) is 6.42 Å². The molecule has 1 atom stereocenters. The highest BCUT2D eigenvalue weighted by molar-refractivity contribution is 6.03. The summed E-state index contributed by atoms with van der Waals surface area (Å²) < 4.78 is 10.9. The first kappa shape index (κ1) is 19.4. The summed E-state index contributed by atoms with van der Waals surface area (Å²) in [5.41, 5.74) is 1.71. The summed E-state index contributed by atoms with van der Waals surface area (Å²) in [6.07, 6.45) is 2.52. The summed E-state index contributed by atoms with van der Waals surface area (Å²) in [5, 5.41) is 14.0. The van der Waals surface area contributed by atoms with Crippen LogP contribution < -0.4 is 20.3 Å². The van der Waals surface area contributed by atoms with Gasteiger partial charge in [-0.2, -0.15) is 0 Å². The number of benzene rings is 1. The van der Waals surface area contributed by atoms with Gasteiger partial charge in [-0.25, -0.2) is 19.7 Å². The SMILES string of the molecule is COc1cc(NC(=O)c2cnc(N3CC[C@@H](NC(=O)O)C3)cn2)cc2oc(C)nc12. The van der Waals surface area contributed by atoms with Gasteiger partial charge in [0.05, 0.1) is 25.5 Å². The lowest BCUT2D eigenvalue weighted by Gasteiger charge is -2.17. The third-order valence-corrected chi connectivity index (χ3v) is 4.76. The highest BCUT2D eigenvalue weighted by Gasteiger charge is 2.25. The molecule has 2 amide bonds. The number of nitrogens with one attached hydrogen (secondary N) is 2. The van der Waals surface area contributed by atoms with Crippen LogP contribution in [0, 0.1) is 6.92 Å². The van der Waals surface area contributed by atoms with E-state index < -0.39 is 12.0 Å². The first-order valence-electron chi connectivity index (χ1n) is 9.26. The molecular formula is C19H20N6O5. The second-order valence-corrected chi connectivity index (χ2v) is 6.85. The van der Waals surface area contributed by atoms with Gasteiger partial charge in [0.25, 0.3) is 5.91 Å². The van der Waals surface area contributed by atoms with Crippen molar-refractivity contribution in [1.82, 2.24) is 20.3 Å². The molecule has 0 radical (unpaired) electrons. The molecule has 1 saturated heterocycles. The van der Waals surface area contributed by atoms with E-state index in [9.17, 15) is 9.59 Å². The number of fused-ring (bicyclic) bond motifs is 1. The van der Waals surface area contributed by atoms with Crippen molar-refractivity contribution in [3.8, 4) is 5.75 Å². The topological polar surface area (TPSA) is 143 Å². The standard InChI is InChI=1S/C19H20N6O5/c1-10-22-17-14(29-2)5-12(6-15(17)30-10)23-18(26)13-7-21-16(8-20-13)25-4-3-11(9-25)24-19(27)28/h5-8,11,24H,3-4,9H2,1-2H3,(H,23,26)(H,27,28)/t11-/m1/s1. The quantitative estimate of drug-likeness (QED) is 0.573. The maximum atomic E-state index is 12.6. The van der Waals surface area contributed by atoms with E-state index in [4.69, 9.17) is 14.3 Å². The van der Waals surface area contributed by atoms with Crippen LogP contribution in [0.1, 0.15) is 22.8 Å². The van der Waals surface area contributed by atoms with E-state index in [2.05, 4.69) is 25.6 Å². The van der Waals surface area contributed by atoms with Crippen molar-refractivity contribution in [2.75, 3.05) is 30.4 Å². The summed E-state index contributed by atoms with van der Waals surface area (Å²) in [4.78, 5) is 38.0. The Morgan fingerprint density at radius 3 is 2.83 bits per heavy atom. The summed E-state index contributed by atoms with van der Waals surface area (Å²) in [7, 11) is 1.52. The zero-order valence-electron chi connectivity index (χ0n) is 16.4. The average Bonchev–Trinajstić information content (AvgIpc) is 3.32. The van der Waals surface area contributed by atoms with Crippen LogP contribution in [0.4, 0.5) is 16.3 Å². The maximum Gasteiger partial charge on any atom is 0.404 e. The fourth-order valence-electron chi connectivity index (χ4n) is 3.40. The third kappa shape index (κ3) is 3.95. The van der Waals surface area contributed by atoms with Gasteiger partial charge < -0.3 is 29.8 Å². The lowest BCUT2D eigenvalue weighted by molar-refractivity contribution is 0.102. The van der Waals surface area contributed by atoms with Crippen LogP contribution in [0.2, 0.25) is 0 Å². The molecule has 3 aromatic rings. The summed E-state index contributed by atoms with van der Waals surface area (Å²) in [6, 6.07) is 3.16. The normalized spacial score (nSPS) is 15.9. The molecule has 30 heavy (non-hydrogen) atoms. The molecule has 1 fully saturated rings. The lowest BCUT2D eigenvalue weighted by atomic mass is 10.2. The second-order valence-electron chi connectivity index (χ2n) is 6.85. The zero-order valence-corrected chi connectivity index (χ0v) is 16.4. The fraction of sp³-hybridized carbons (Fsp3) is 0.316. The lowest BCUT2D eigenvalue weighted by Crippen LogP contribution is -2.36. The van der Waals surface area contributed by atoms with Gasteiger partial charge in [-0.3, -0.25) is 4.79 Å². The van der Waals surface area contributed by atoms with E-state index in [1.165, 1.54) is 19.5 Å². The summed E-state index contributed by atoms with van der Waals surface area (Å²) >= 11 is 0. The number of rotatable bonds is 5. The number of oxazole rings is 1. The van der Waals surface area contributed by atoms with Crippen molar-refractivity contribution in [2.24, 2.45) is 0 Å². The molecule has 0 saturated carbocycles. The summed E-state index contributed by atoms with van der Waals surface area (Å²) in [6.45, 7) is 2.89. The molecule has 11 heteroatoms. The van der Waals surface area contributed by atoms with Crippen molar-refractivity contribution in [3.05, 3.63) is 36.1 Å². The van der Waals surface area contributed by atoms with Crippen molar-refractivity contribution in [3.63, 3.8) is 0 Å². The Labute approximate surface area is 171 Å². The van der Waals surface area contributed by atoms with Gasteiger partial charge >= 0.3 is 6.09 Å². The molecule has 0 bridgehead atoms. The van der Waals surface area contributed by atoms with E-state index in [1.807, 2.05) is 4.90 Å². The van der Waals surface area contributed by atoms with Gasteiger partial charge in [0.1, 0.15) is 11.5 Å². The number of hydrogen-bond acceptors (Lipinski definition) is 8. The van der Waals surface area contributed by atoms with Crippen molar-refractivity contribution in [2.45, 2.75) is 19.4 Å². The highest BCUT2D eigenvalue weighted by atomic mass is 16.5. The van der Waals surface area contributed by atoms with Crippen LogP contribution in [0.25, 0.3) is 11.1 Å². The Balaban J connectivity index is 1.45. The van der Waals surface area contributed by atoms with Crippen molar-refractivity contribution in [1.29, 1.82) is 0 Å². The minimum Gasteiger partial charge on any atom is -0.494 e. The fourth-order valence-corrected chi connectivity index (χ4v) is 3.40. The van der Waals surface area contributed by atoms with E-state index in [1.54, 1.807) is 19.1 Å². The third-order valence-electron chi connectivity index (χ3n) is 4.76. The smallest absolute Gasteiger partial charge is 0.404 e. The van der Waals surface area contributed by atoms with Gasteiger partial charge in [-0.1, -0.05) is 0 Å². The first-order chi connectivity index (χ1) is 14.4. The molecule has 1 aliphatic rings. The molecule has 3 heterocycles. The zero-order chi connectivity index (χ0) is 21.3. The van der Waals surface area contributed by atoms with E-state index in [-0.39, 0.29) is 11.7 Å². The predicted octanol–water partition coefficient (Wildman–Crippen LogP) is 2.03. The second kappa shape index (κ2) is 7.85. The molecule has 1 aromatic carbocycles. The molecule has 0 aliphatic carbocycles. The number of carbonyl (C=O) groups excluding carboxylic acids is 1. The number of ether oxygens (including phenoxy) is 1. The van der Waals surface area contributed by atoms with Gasteiger partial charge in [0.2, 0.25) is 0 Å². The van der Waals surface area contributed by atoms with Gasteiger partial charge in [0, 0.05) is 37.8 Å². The number of carboxylic acid groups (broad SMARTS) is 1. The van der Waals surface area contributed by atoms with Crippen molar-refractivity contribution < 1.29 is 23.8 Å². The van der Waals surface area contributed by atoms with Crippen LogP contribution in [0.3, 0.4) is 0 Å². The van der Waals surface area contributed by atoms with Crippen LogP contribution >= 0.6 is 0 Å². The number of aryl methyl sites for hydroxylation is 1. The average molecular weight is 412 g/mol. The Hall–Kier alpha value is -3.89. The number of carbonyl (C=O) groups is 2. The molecule has 11 nitrogen and oxygen atoms in total. The maximum absolute atomic E-state index is 12.6. The molecule has 2 aromatic heterocycles. The number of methoxy groups -OCH3 is 1. The monoisotopic (exact) mass is 412 g/mol. The van der Waals surface area contributed by atoms with Crippen LogP contribution in [-0.4, -0.2) is 58.3 Å². The van der Waals surface area contributed by atoms with Crippen LogP contribution in [-0.2, 0) is 0 Å².